The molecule has 2 heterocycles. The van der Waals surface area contributed by atoms with Crippen molar-refractivity contribution >= 4 is 17.5 Å². The van der Waals surface area contributed by atoms with Crippen molar-refractivity contribution in [1.29, 1.82) is 0 Å². The molecule has 0 aliphatic heterocycles. The van der Waals surface area contributed by atoms with E-state index >= 15 is 0 Å². The number of nitro groups is 1. The van der Waals surface area contributed by atoms with Crippen molar-refractivity contribution in [2.75, 3.05) is 5.32 Å². The molecular formula is C16H15N5O4. The highest BCUT2D eigenvalue weighted by Gasteiger charge is 2.19. The zero-order valence-corrected chi connectivity index (χ0v) is 13.5. The van der Waals surface area contributed by atoms with E-state index in [1.807, 2.05) is 13.8 Å². The molecule has 3 rings (SSSR count). The topological polar surface area (TPSA) is 127 Å². The number of amides is 1. The van der Waals surface area contributed by atoms with Gasteiger partial charge in [-0.1, -0.05) is 26.0 Å². The van der Waals surface area contributed by atoms with Crippen molar-refractivity contribution in [2.45, 2.75) is 19.8 Å². The van der Waals surface area contributed by atoms with Gasteiger partial charge in [0.1, 0.15) is 10.7 Å². The highest BCUT2D eigenvalue weighted by molar-refractivity contribution is 6.04. The number of carbonyl (C=O) groups excluding carboxylic acids is 1. The number of carbonyl (C=O) groups is 1. The summed E-state index contributed by atoms with van der Waals surface area (Å²) in [5, 5.41) is 20.4. The van der Waals surface area contributed by atoms with Crippen LogP contribution in [0.3, 0.4) is 0 Å². The Morgan fingerprint density at radius 1 is 1.28 bits per heavy atom. The van der Waals surface area contributed by atoms with E-state index in [-0.39, 0.29) is 11.7 Å². The highest BCUT2D eigenvalue weighted by Crippen LogP contribution is 2.27. The Hall–Kier alpha value is -3.49. The van der Waals surface area contributed by atoms with E-state index in [1.54, 1.807) is 24.3 Å². The molecule has 0 bridgehead atoms. The van der Waals surface area contributed by atoms with Gasteiger partial charge in [-0.25, -0.2) is 4.98 Å². The van der Waals surface area contributed by atoms with Crippen molar-refractivity contribution in [3.63, 3.8) is 0 Å². The van der Waals surface area contributed by atoms with Gasteiger partial charge in [0, 0.05) is 11.5 Å². The fourth-order valence-corrected chi connectivity index (χ4v) is 2.17. The average Bonchev–Trinajstić information content (AvgIpc) is 3.25. The lowest BCUT2D eigenvalue weighted by Crippen LogP contribution is -2.11. The maximum absolute atomic E-state index is 12.3. The van der Waals surface area contributed by atoms with Crippen LogP contribution in [0.2, 0.25) is 0 Å². The van der Waals surface area contributed by atoms with Crippen LogP contribution in [0.25, 0.3) is 11.4 Å². The molecule has 0 unspecified atom stereocenters. The largest absolute Gasteiger partial charge is 0.433 e. The second-order valence-electron chi connectivity index (χ2n) is 5.59. The van der Waals surface area contributed by atoms with E-state index in [9.17, 15) is 14.9 Å². The van der Waals surface area contributed by atoms with Crippen LogP contribution in [0.15, 0.2) is 40.8 Å². The van der Waals surface area contributed by atoms with Gasteiger partial charge in [0.15, 0.2) is 11.6 Å². The molecule has 128 valence electrons. The van der Waals surface area contributed by atoms with Gasteiger partial charge in [-0.05, 0) is 18.2 Å². The van der Waals surface area contributed by atoms with Gasteiger partial charge >= 0.3 is 5.88 Å². The summed E-state index contributed by atoms with van der Waals surface area (Å²) in [4.78, 5) is 26.6. The monoisotopic (exact) mass is 341 g/mol. The van der Waals surface area contributed by atoms with Crippen molar-refractivity contribution in [3.8, 4) is 11.4 Å². The Labute approximate surface area is 142 Å². The average molecular weight is 341 g/mol. The molecule has 0 aliphatic rings. The fourth-order valence-electron chi connectivity index (χ4n) is 2.17. The first-order valence-corrected chi connectivity index (χ1v) is 7.53. The van der Waals surface area contributed by atoms with Gasteiger partial charge in [-0.15, -0.1) is 0 Å². The molecule has 0 spiro atoms. The summed E-state index contributed by atoms with van der Waals surface area (Å²) in [7, 11) is 0. The number of hydrogen-bond donors (Lipinski definition) is 2. The summed E-state index contributed by atoms with van der Waals surface area (Å²) < 4.78 is 4.91. The normalized spacial score (nSPS) is 10.8. The molecular weight excluding hydrogens is 326 g/mol. The standard InChI is InChI=1S/C16H15N5O4/c1-9(2)14-18-15(20-19-14)10-5-3-4-6-11(10)17-16(22)12-7-8-13(25-12)21(23)24/h3-9H,1-2H3,(H,17,22)(H,18,19,20). The van der Waals surface area contributed by atoms with Gasteiger partial charge in [-0.3, -0.25) is 20.0 Å². The molecule has 9 nitrogen and oxygen atoms in total. The zero-order chi connectivity index (χ0) is 18.0. The number of hydrogen-bond acceptors (Lipinski definition) is 6. The minimum Gasteiger partial charge on any atom is -0.395 e. The summed E-state index contributed by atoms with van der Waals surface area (Å²) in [5.74, 6) is 0.128. The van der Waals surface area contributed by atoms with Crippen LogP contribution in [0.5, 0.6) is 0 Å². The Morgan fingerprint density at radius 3 is 2.68 bits per heavy atom. The van der Waals surface area contributed by atoms with Gasteiger partial charge in [-0.2, -0.15) is 5.10 Å². The first kappa shape index (κ1) is 16.4. The number of para-hydroxylation sites is 1. The molecule has 0 aliphatic carbocycles. The first-order chi connectivity index (χ1) is 12.0. The van der Waals surface area contributed by atoms with E-state index in [4.69, 9.17) is 4.42 Å². The van der Waals surface area contributed by atoms with E-state index in [1.165, 1.54) is 6.07 Å². The zero-order valence-electron chi connectivity index (χ0n) is 13.5. The number of H-pyrrole nitrogens is 1. The van der Waals surface area contributed by atoms with Gasteiger partial charge in [0.05, 0.1) is 11.8 Å². The molecule has 0 saturated carbocycles. The molecule has 0 fully saturated rings. The predicted octanol–water partition coefficient (Wildman–Crippen LogP) is 3.35. The summed E-state index contributed by atoms with van der Waals surface area (Å²) in [6, 6.07) is 9.39. The Morgan fingerprint density at radius 2 is 2.04 bits per heavy atom. The molecule has 1 aromatic carbocycles. The second-order valence-corrected chi connectivity index (χ2v) is 5.59. The summed E-state index contributed by atoms with van der Waals surface area (Å²) in [5.41, 5.74) is 1.10. The molecule has 2 N–H and O–H groups in total. The van der Waals surface area contributed by atoms with E-state index in [0.29, 0.717) is 17.1 Å². The number of aromatic nitrogens is 3. The first-order valence-electron chi connectivity index (χ1n) is 7.53. The lowest BCUT2D eigenvalue weighted by Gasteiger charge is -2.07. The van der Waals surface area contributed by atoms with E-state index in [2.05, 4.69) is 20.5 Å². The molecule has 0 radical (unpaired) electrons. The minimum absolute atomic E-state index is 0.153. The van der Waals surface area contributed by atoms with Crippen LogP contribution < -0.4 is 5.32 Å². The maximum Gasteiger partial charge on any atom is 0.433 e. The molecule has 1 amide bonds. The van der Waals surface area contributed by atoms with Crippen molar-refractivity contribution in [3.05, 3.63) is 58.1 Å². The molecule has 0 atom stereocenters. The second kappa shape index (κ2) is 6.56. The molecule has 25 heavy (non-hydrogen) atoms. The lowest BCUT2D eigenvalue weighted by atomic mass is 10.1. The molecule has 3 aromatic rings. The molecule has 2 aromatic heterocycles. The fraction of sp³-hybridized carbons (Fsp3) is 0.188. The number of furan rings is 1. The number of anilines is 1. The maximum atomic E-state index is 12.3. The quantitative estimate of drug-likeness (QED) is 0.541. The third-order valence-electron chi connectivity index (χ3n) is 3.46. The number of aromatic amines is 1. The third-order valence-corrected chi connectivity index (χ3v) is 3.46. The van der Waals surface area contributed by atoms with Crippen LogP contribution in [0.4, 0.5) is 11.6 Å². The Balaban J connectivity index is 1.87. The Kier molecular flexibility index (Phi) is 4.29. The summed E-state index contributed by atoms with van der Waals surface area (Å²) >= 11 is 0. The van der Waals surface area contributed by atoms with Crippen molar-refractivity contribution < 1.29 is 14.1 Å². The summed E-state index contributed by atoms with van der Waals surface area (Å²) in [6.45, 7) is 3.98. The van der Waals surface area contributed by atoms with Crippen LogP contribution in [-0.4, -0.2) is 26.0 Å². The van der Waals surface area contributed by atoms with Crippen LogP contribution in [0, 0.1) is 10.1 Å². The summed E-state index contributed by atoms with van der Waals surface area (Å²) in [6.07, 6.45) is 0. The number of rotatable bonds is 5. The molecule has 9 heteroatoms. The van der Waals surface area contributed by atoms with Gasteiger partial charge < -0.3 is 9.73 Å². The van der Waals surface area contributed by atoms with Crippen molar-refractivity contribution in [2.24, 2.45) is 0 Å². The van der Waals surface area contributed by atoms with Crippen molar-refractivity contribution in [1.82, 2.24) is 15.2 Å². The SMILES string of the molecule is CC(C)c1nc(-c2ccccc2NC(=O)c2ccc([N+](=O)[O-])o2)n[nH]1. The number of nitrogens with zero attached hydrogens (tertiary/aromatic N) is 3. The number of benzene rings is 1. The van der Waals surface area contributed by atoms with Crippen LogP contribution in [-0.2, 0) is 0 Å². The van der Waals surface area contributed by atoms with Crippen LogP contribution in [0.1, 0.15) is 36.1 Å². The minimum atomic E-state index is -0.703. The highest BCUT2D eigenvalue weighted by atomic mass is 16.6. The molecule has 0 saturated heterocycles. The van der Waals surface area contributed by atoms with Gasteiger partial charge in [0.2, 0.25) is 0 Å². The third kappa shape index (κ3) is 3.39. The van der Waals surface area contributed by atoms with Gasteiger partial charge in [0.25, 0.3) is 5.91 Å². The number of nitrogens with one attached hydrogen (secondary N) is 2. The lowest BCUT2D eigenvalue weighted by molar-refractivity contribution is -0.402. The van der Waals surface area contributed by atoms with Crippen LogP contribution >= 0.6 is 0 Å². The van der Waals surface area contributed by atoms with E-state index in [0.717, 1.165) is 11.9 Å². The Bertz CT molecular complexity index is 928. The predicted molar refractivity (Wildman–Crippen MR) is 89.2 cm³/mol. The van der Waals surface area contributed by atoms with E-state index < -0.39 is 16.7 Å². The smallest absolute Gasteiger partial charge is 0.395 e.